The van der Waals surface area contributed by atoms with Crippen molar-refractivity contribution in [2.24, 2.45) is 0 Å². The summed E-state index contributed by atoms with van der Waals surface area (Å²) in [5.74, 6) is -0.137. The number of ether oxygens (including phenoxy) is 2. The van der Waals surface area contributed by atoms with Gasteiger partial charge in [-0.3, -0.25) is 9.59 Å². The van der Waals surface area contributed by atoms with E-state index >= 15 is 0 Å². The number of carbonyl (C=O) groups is 3. The van der Waals surface area contributed by atoms with Crippen LogP contribution in [-0.2, 0) is 16.1 Å². The van der Waals surface area contributed by atoms with Crippen LogP contribution in [0.1, 0.15) is 39.8 Å². The second kappa shape index (κ2) is 12.3. The fraction of sp³-hybridized carbons (Fsp3) is 0.261. The van der Waals surface area contributed by atoms with Crippen LogP contribution in [0.15, 0.2) is 54.6 Å². The summed E-state index contributed by atoms with van der Waals surface area (Å²) >= 11 is 1.07. The van der Waals surface area contributed by atoms with E-state index in [4.69, 9.17) is 9.47 Å². The minimum atomic E-state index is -0.555. The molecule has 11 heteroatoms. The normalized spacial score (nSPS) is 11.2. The molecule has 10 nitrogen and oxygen atoms in total. The number of nitrogens with zero attached hydrogens (tertiary/aromatic N) is 2. The summed E-state index contributed by atoms with van der Waals surface area (Å²) < 4.78 is 10.1. The second-order valence-corrected chi connectivity index (χ2v) is 8.05. The highest BCUT2D eigenvalue weighted by Gasteiger charge is 2.20. The summed E-state index contributed by atoms with van der Waals surface area (Å²) in [5.41, 5.74) is 1.37. The lowest BCUT2D eigenvalue weighted by molar-refractivity contribution is -0.143. The molecular formula is C23H25N5O5S. The molecule has 3 rings (SSSR count). The monoisotopic (exact) mass is 483 g/mol. The zero-order valence-electron chi connectivity index (χ0n) is 18.7. The summed E-state index contributed by atoms with van der Waals surface area (Å²) in [4.78, 5) is 36.8. The summed E-state index contributed by atoms with van der Waals surface area (Å²) in [7, 11) is 1.56. The Morgan fingerprint density at radius 3 is 2.44 bits per heavy atom. The first-order valence-electron chi connectivity index (χ1n) is 10.5. The zero-order chi connectivity index (χ0) is 24.3. The maximum atomic E-state index is 12.5. The molecule has 0 aliphatic carbocycles. The molecule has 178 valence electrons. The molecule has 1 unspecified atom stereocenters. The number of hydrogen-bond donors (Lipinski definition) is 3. The molecule has 0 aliphatic heterocycles. The highest BCUT2D eigenvalue weighted by atomic mass is 32.1. The minimum Gasteiger partial charge on any atom is -0.497 e. The van der Waals surface area contributed by atoms with Crippen LogP contribution in [0.4, 0.5) is 10.5 Å². The first kappa shape index (κ1) is 24.6. The third-order valence-corrected chi connectivity index (χ3v) is 5.51. The van der Waals surface area contributed by atoms with Crippen molar-refractivity contribution in [1.82, 2.24) is 20.8 Å². The van der Waals surface area contributed by atoms with Gasteiger partial charge in [0.05, 0.1) is 32.7 Å². The molecule has 2 aromatic carbocycles. The predicted molar refractivity (Wildman–Crippen MR) is 127 cm³/mol. The van der Waals surface area contributed by atoms with Crippen molar-refractivity contribution in [3.63, 3.8) is 0 Å². The molecule has 3 N–H and O–H groups in total. The number of rotatable bonds is 10. The molecule has 1 aromatic heterocycles. The van der Waals surface area contributed by atoms with Gasteiger partial charge in [-0.25, -0.2) is 4.79 Å². The van der Waals surface area contributed by atoms with Crippen molar-refractivity contribution in [3.05, 3.63) is 70.2 Å². The zero-order valence-corrected chi connectivity index (χ0v) is 19.6. The maximum Gasteiger partial charge on any atom is 0.315 e. The highest BCUT2D eigenvalue weighted by molar-refractivity contribution is 7.13. The number of amides is 3. The van der Waals surface area contributed by atoms with Crippen LogP contribution in [0, 0.1) is 0 Å². The van der Waals surface area contributed by atoms with Gasteiger partial charge in [0.2, 0.25) is 5.01 Å². The van der Waals surface area contributed by atoms with Gasteiger partial charge in [-0.2, -0.15) is 0 Å². The smallest absolute Gasteiger partial charge is 0.315 e. The maximum absolute atomic E-state index is 12.5. The predicted octanol–water partition coefficient (Wildman–Crippen LogP) is 3.29. The fourth-order valence-corrected chi connectivity index (χ4v) is 3.64. The van der Waals surface area contributed by atoms with E-state index < -0.39 is 23.9 Å². The fourth-order valence-electron chi connectivity index (χ4n) is 2.97. The number of aromatic nitrogens is 2. The molecule has 0 spiro atoms. The van der Waals surface area contributed by atoms with E-state index in [0.717, 1.165) is 16.9 Å². The van der Waals surface area contributed by atoms with Crippen molar-refractivity contribution in [1.29, 1.82) is 0 Å². The van der Waals surface area contributed by atoms with Crippen molar-refractivity contribution in [2.45, 2.75) is 25.9 Å². The molecule has 0 radical (unpaired) electrons. The van der Waals surface area contributed by atoms with E-state index in [-0.39, 0.29) is 24.6 Å². The van der Waals surface area contributed by atoms with Gasteiger partial charge in [-0.05, 0) is 36.8 Å². The van der Waals surface area contributed by atoms with E-state index in [9.17, 15) is 14.4 Å². The number of anilines is 1. The summed E-state index contributed by atoms with van der Waals surface area (Å²) in [5, 5.41) is 16.7. The minimum absolute atomic E-state index is 0.000237. The molecule has 3 amide bonds. The lowest BCUT2D eigenvalue weighted by Crippen LogP contribution is -2.38. The van der Waals surface area contributed by atoms with Crippen LogP contribution in [0.25, 0.3) is 0 Å². The van der Waals surface area contributed by atoms with Crippen LogP contribution in [0.5, 0.6) is 5.75 Å². The van der Waals surface area contributed by atoms with Gasteiger partial charge >= 0.3 is 12.0 Å². The van der Waals surface area contributed by atoms with Gasteiger partial charge in [-0.1, -0.05) is 41.7 Å². The Hall–Kier alpha value is -3.99. The van der Waals surface area contributed by atoms with E-state index in [1.807, 2.05) is 30.3 Å². The van der Waals surface area contributed by atoms with Crippen molar-refractivity contribution < 1.29 is 23.9 Å². The van der Waals surface area contributed by atoms with E-state index in [2.05, 4.69) is 26.1 Å². The quantitative estimate of drug-likeness (QED) is 0.377. The van der Waals surface area contributed by atoms with E-state index in [0.29, 0.717) is 16.4 Å². The molecular weight excluding hydrogens is 458 g/mol. The highest BCUT2D eigenvalue weighted by Crippen LogP contribution is 2.18. The summed E-state index contributed by atoms with van der Waals surface area (Å²) in [6.45, 7) is 2.06. The average Bonchev–Trinajstić information content (AvgIpc) is 3.33. The standard InChI is InChI=1S/C23H25N5O5S/c1-3-33-20(29)13-18(15-7-5-4-6-8-15)26-23(31)24-14-19-27-28-22(34-19)21(30)25-16-9-11-17(32-2)12-10-16/h4-12,18H,3,13-14H2,1-2H3,(H,25,30)(H2,24,26,31). The van der Waals surface area contributed by atoms with Crippen LogP contribution < -0.4 is 20.7 Å². The number of urea groups is 1. The van der Waals surface area contributed by atoms with Crippen LogP contribution in [0.2, 0.25) is 0 Å². The molecule has 1 heterocycles. The summed E-state index contributed by atoms with van der Waals surface area (Å²) in [6, 6.07) is 15.0. The van der Waals surface area contributed by atoms with Crippen molar-refractivity contribution in [2.75, 3.05) is 19.0 Å². The van der Waals surface area contributed by atoms with Crippen molar-refractivity contribution >= 4 is 34.9 Å². The molecule has 3 aromatic rings. The SMILES string of the molecule is CCOC(=O)CC(NC(=O)NCc1nnc(C(=O)Nc2ccc(OC)cc2)s1)c1ccccc1. The van der Waals surface area contributed by atoms with Crippen LogP contribution in [0.3, 0.4) is 0 Å². The molecule has 1 atom stereocenters. The topological polar surface area (TPSA) is 132 Å². The van der Waals surface area contributed by atoms with Gasteiger partial charge < -0.3 is 25.4 Å². The number of benzene rings is 2. The molecule has 0 aliphatic rings. The van der Waals surface area contributed by atoms with Gasteiger partial charge in [0.1, 0.15) is 10.8 Å². The van der Waals surface area contributed by atoms with Crippen molar-refractivity contribution in [3.8, 4) is 5.75 Å². The van der Waals surface area contributed by atoms with E-state index in [1.165, 1.54) is 0 Å². The number of hydrogen-bond acceptors (Lipinski definition) is 8. The van der Waals surface area contributed by atoms with E-state index in [1.54, 1.807) is 38.3 Å². The van der Waals surface area contributed by atoms with Gasteiger partial charge in [0.25, 0.3) is 5.91 Å². The Labute approximate surface area is 200 Å². The Kier molecular flexibility index (Phi) is 8.92. The molecule has 0 saturated carbocycles. The Balaban J connectivity index is 1.54. The number of carbonyl (C=O) groups excluding carboxylic acids is 3. The van der Waals surface area contributed by atoms with Crippen LogP contribution >= 0.6 is 11.3 Å². The van der Waals surface area contributed by atoms with Gasteiger partial charge in [0, 0.05) is 5.69 Å². The number of methoxy groups -OCH3 is 1. The van der Waals surface area contributed by atoms with Crippen LogP contribution in [-0.4, -0.2) is 41.8 Å². The molecule has 0 bridgehead atoms. The third kappa shape index (κ3) is 7.27. The Morgan fingerprint density at radius 2 is 1.76 bits per heavy atom. The molecule has 0 fully saturated rings. The lowest BCUT2D eigenvalue weighted by Gasteiger charge is -2.18. The lowest BCUT2D eigenvalue weighted by atomic mass is 10.0. The van der Waals surface area contributed by atoms with Gasteiger partial charge in [0.15, 0.2) is 0 Å². The first-order chi connectivity index (χ1) is 16.5. The number of nitrogens with one attached hydrogen (secondary N) is 3. The molecule has 34 heavy (non-hydrogen) atoms. The largest absolute Gasteiger partial charge is 0.497 e. The first-order valence-corrected chi connectivity index (χ1v) is 11.3. The second-order valence-electron chi connectivity index (χ2n) is 6.98. The Morgan fingerprint density at radius 1 is 1.03 bits per heavy atom. The average molecular weight is 484 g/mol. The van der Waals surface area contributed by atoms with Gasteiger partial charge in [-0.15, -0.1) is 10.2 Å². The Bertz CT molecular complexity index is 1100. The number of esters is 1. The third-order valence-electron chi connectivity index (χ3n) is 4.59. The summed E-state index contributed by atoms with van der Waals surface area (Å²) in [6.07, 6.45) is -0.000237. The molecule has 0 saturated heterocycles.